The first-order valence-electron chi connectivity index (χ1n) is 6.84. The number of carbonyl (C=O) groups is 1. The maximum atomic E-state index is 11.2. The zero-order valence-electron chi connectivity index (χ0n) is 12.9. The average Bonchev–Trinajstić information content (AvgIpc) is 2.26. The summed E-state index contributed by atoms with van der Waals surface area (Å²) in [6.45, 7) is 9.53. The highest BCUT2D eigenvalue weighted by atomic mass is 16.5. The van der Waals surface area contributed by atoms with Crippen molar-refractivity contribution < 1.29 is 14.6 Å². The Balaban J connectivity index is 3.12. The summed E-state index contributed by atoms with van der Waals surface area (Å²) in [6.07, 6.45) is 0.0955. The van der Waals surface area contributed by atoms with Gasteiger partial charge in [0.05, 0.1) is 12.5 Å². The third kappa shape index (κ3) is 3.73. The van der Waals surface area contributed by atoms with Gasteiger partial charge in [-0.1, -0.05) is 19.1 Å². The summed E-state index contributed by atoms with van der Waals surface area (Å²) >= 11 is 0. The summed E-state index contributed by atoms with van der Waals surface area (Å²) < 4.78 is 5.60. The van der Waals surface area contributed by atoms with E-state index in [4.69, 9.17) is 15.6 Å². The maximum Gasteiger partial charge on any atom is 0.304 e. The van der Waals surface area contributed by atoms with Crippen LogP contribution in [0.25, 0.3) is 0 Å². The summed E-state index contributed by atoms with van der Waals surface area (Å²) in [5.41, 5.74) is 5.83. The van der Waals surface area contributed by atoms with Crippen LogP contribution in [0, 0.1) is 0 Å². The van der Waals surface area contributed by atoms with Gasteiger partial charge in [-0.15, -0.1) is 0 Å². The minimum absolute atomic E-state index is 0.0130. The van der Waals surface area contributed by atoms with Crippen molar-refractivity contribution in [2.75, 3.05) is 0 Å². The van der Waals surface area contributed by atoms with Crippen LogP contribution >= 0.6 is 0 Å². The standard InChI is InChI=1S/C16H25NO3/c1-11(2)20-13-8-6-12(7-9-13)16(5,10-14(18)19)15(3,4)17/h6-9,11H,10,17H2,1-5H3,(H,18,19). The molecule has 0 saturated carbocycles. The monoisotopic (exact) mass is 279 g/mol. The summed E-state index contributed by atoms with van der Waals surface area (Å²) in [7, 11) is 0. The zero-order valence-corrected chi connectivity index (χ0v) is 12.9. The number of hydrogen-bond donors (Lipinski definition) is 2. The topological polar surface area (TPSA) is 72.5 Å². The molecule has 112 valence electrons. The van der Waals surface area contributed by atoms with Gasteiger partial charge in [0.15, 0.2) is 0 Å². The van der Waals surface area contributed by atoms with Crippen LogP contribution in [0.15, 0.2) is 24.3 Å². The molecule has 0 spiro atoms. The van der Waals surface area contributed by atoms with Crippen LogP contribution in [0.1, 0.15) is 46.6 Å². The van der Waals surface area contributed by atoms with Gasteiger partial charge in [-0.25, -0.2) is 0 Å². The molecule has 1 aromatic carbocycles. The molecule has 0 aliphatic carbocycles. The van der Waals surface area contributed by atoms with E-state index in [0.717, 1.165) is 11.3 Å². The van der Waals surface area contributed by atoms with E-state index >= 15 is 0 Å². The van der Waals surface area contributed by atoms with Crippen LogP contribution < -0.4 is 10.5 Å². The molecule has 4 nitrogen and oxygen atoms in total. The predicted octanol–water partition coefficient (Wildman–Crippen LogP) is 2.94. The summed E-state index contributed by atoms with van der Waals surface area (Å²) in [5.74, 6) is -0.0789. The lowest BCUT2D eigenvalue weighted by Crippen LogP contribution is -2.53. The Bertz CT molecular complexity index is 460. The van der Waals surface area contributed by atoms with Gasteiger partial charge >= 0.3 is 5.97 Å². The molecule has 0 aliphatic heterocycles. The fourth-order valence-corrected chi connectivity index (χ4v) is 2.18. The fourth-order valence-electron chi connectivity index (χ4n) is 2.18. The molecule has 1 unspecified atom stereocenters. The van der Waals surface area contributed by atoms with Crippen molar-refractivity contribution >= 4 is 5.97 Å². The van der Waals surface area contributed by atoms with Crippen molar-refractivity contribution in [1.29, 1.82) is 0 Å². The van der Waals surface area contributed by atoms with Crippen LogP contribution in [0.4, 0.5) is 0 Å². The van der Waals surface area contributed by atoms with Gasteiger partial charge in [0.25, 0.3) is 0 Å². The van der Waals surface area contributed by atoms with E-state index in [9.17, 15) is 4.79 Å². The number of aliphatic carboxylic acids is 1. The third-order valence-electron chi connectivity index (χ3n) is 3.79. The lowest BCUT2D eigenvalue weighted by Gasteiger charge is -2.41. The maximum absolute atomic E-state index is 11.2. The molecule has 0 radical (unpaired) electrons. The highest BCUT2D eigenvalue weighted by molar-refractivity contribution is 5.69. The molecule has 0 saturated heterocycles. The van der Waals surface area contributed by atoms with E-state index < -0.39 is 16.9 Å². The van der Waals surface area contributed by atoms with Gasteiger partial charge < -0.3 is 15.6 Å². The van der Waals surface area contributed by atoms with Crippen molar-refractivity contribution in [3.05, 3.63) is 29.8 Å². The Labute approximate surface area is 120 Å². The van der Waals surface area contributed by atoms with E-state index in [1.807, 2.05) is 58.9 Å². The van der Waals surface area contributed by atoms with Gasteiger partial charge in [-0.05, 0) is 45.4 Å². The first-order valence-corrected chi connectivity index (χ1v) is 6.84. The molecule has 1 aromatic rings. The molecule has 0 heterocycles. The zero-order chi connectivity index (χ0) is 15.6. The smallest absolute Gasteiger partial charge is 0.304 e. The number of rotatable bonds is 6. The van der Waals surface area contributed by atoms with Crippen molar-refractivity contribution in [3.8, 4) is 5.75 Å². The predicted molar refractivity (Wildman–Crippen MR) is 80.1 cm³/mol. The minimum Gasteiger partial charge on any atom is -0.491 e. The van der Waals surface area contributed by atoms with Crippen LogP contribution in [-0.4, -0.2) is 22.7 Å². The van der Waals surface area contributed by atoms with E-state index in [1.54, 1.807) is 0 Å². The number of carboxylic acids is 1. The Morgan fingerprint density at radius 3 is 2.10 bits per heavy atom. The normalized spacial score (nSPS) is 14.9. The second-order valence-corrected chi connectivity index (χ2v) is 6.32. The number of hydrogen-bond acceptors (Lipinski definition) is 3. The Morgan fingerprint density at radius 2 is 1.75 bits per heavy atom. The van der Waals surface area contributed by atoms with E-state index in [1.165, 1.54) is 0 Å². The molecular formula is C16H25NO3. The molecule has 0 fully saturated rings. The van der Waals surface area contributed by atoms with Crippen molar-refractivity contribution in [2.24, 2.45) is 5.73 Å². The number of nitrogens with two attached hydrogens (primary N) is 1. The lowest BCUT2D eigenvalue weighted by atomic mass is 9.66. The van der Waals surface area contributed by atoms with Crippen LogP contribution in [0.5, 0.6) is 5.75 Å². The van der Waals surface area contributed by atoms with E-state index in [2.05, 4.69) is 0 Å². The summed E-state index contributed by atoms with van der Waals surface area (Å²) in [4.78, 5) is 11.2. The molecule has 3 N–H and O–H groups in total. The van der Waals surface area contributed by atoms with Crippen molar-refractivity contribution in [2.45, 2.75) is 58.1 Å². The van der Waals surface area contributed by atoms with E-state index in [-0.39, 0.29) is 12.5 Å². The highest BCUT2D eigenvalue weighted by Crippen LogP contribution is 2.37. The summed E-state index contributed by atoms with van der Waals surface area (Å²) in [6, 6.07) is 7.52. The van der Waals surface area contributed by atoms with Crippen LogP contribution in [-0.2, 0) is 10.2 Å². The largest absolute Gasteiger partial charge is 0.491 e. The lowest BCUT2D eigenvalue weighted by molar-refractivity contribution is -0.139. The molecular weight excluding hydrogens is 254 g/mol. The van der Waals surface area contributed by atoms with Gasteiger partial charge in [0.2, 0.25) is 0 Å². The molecule has 0 amide bonds. The number of benzene rings is 1. The Hall–Kier alpha value is -1.55. The van der Waals surface area contributed by atoms with Crippen LogP contribution in [0.2, 0.25) is 0 Å². The average molecular weight is 279 g/mol. The Morgan fingerprint density at radius 1 is 1.25 bits per heavy atom. The number of ether oxygens (including phenoxy) is 1. The van der Waals surface area contributed by atoms with Gasteiger partial charge in [-0.2, -0.15) is 0 Å². The molecule has 1 rings (SSSR count). The van der Waals surface area contributed by atoms with Crippen LogP contribution in [0.3, 0.4) is 0 Å². The fraction of sp³-hybridized carbons (Fsp3) is 0.562. The molecule has 0 aliphatic rings. The molecule has 1 atom stereocenters. The van der Waals surface area contributed by atoms with Gasteiger partial charge in [-0.3, -0.25) is 4.79 Å². The molecule has 0 aromatic heterocycles. The van der Waals surface area contributed by atoms with Gasteiger partial charge in [0.1, 0.15) is 5.75 Å². The summed E-state index contributed by atoms with van der Waals surface area (Å²) in [5, 5.41) is 9.17. The Kier molecular flexibility index (Phi) is 4.81. The second kappa shape index (κ2) is 5.83. The highest BCUT2D eigenvalue weighted by Gasteiger charge is 2.41. The quantitative estimate of drug-likeness (QED) is 0.839. The third-order valence-corrected chi connectivity index (χ3v) is 3.79. The van der Waals surface area contributed by atoms with Crippen molar-refractivity contribution in [3.63, 3.8) is 0 Å². The van der Waals surface area contributed by atoms with Crippen molar-refractivity contribution in [1.82, 2.24) is 0 Å². The minimum atomic E-state index is -0.853. The second-order valence-electron chi connectivity index (χ2n) is 6.32. The molecule has 0 bridgehead atoms. The first kappa shape index (κ1) is 16.5. The first-order chi connectivity index (χ1) is 9.06. The molecule has 4 heteroatoms. The van der Waals surface area contributed by atoms with E-state index in [0.29, 0.717) is 0 Å². The number of carboxylic acid groups (broad SMARTS) is 1. The SMILES string of the molecule is CC(C)Oc1ccc(C(C)(CC(=O)O)C(C)(C)N)cc1. The molecule has 20 heavy (non-hydrogen) atoms. The van der Waals surface area contributed by atoms with Gasteiger partial charge in [0, 0.05) is 11.0 Å².